The molecule has 1 aliphatic carbocycles. The van der Waals surface area contributed by atoms with Crippen LogP contribution in [0.3, 0.4) is 0 Å². The normalized spacial score (nSPS) is 20.7. The molecule has 5 nitrogen and oxygen atoms in total. The maximum atomic E-state index is 13.3. The van der Waals surface area contributed by atoms with Gasteiger partial charge in [0.25, 0.3) is 0 Å². The summed E-state index contributed by atoms with van der Waals surface area (Å²) in [4.78, 5) is 21.3. The van der Waals surface area contributed by atoms with Gasteiger partial charge in [0.2, 0.25) is 5.91 Å². The van der Waals surface area contributed by atoms with E-state index in [1.165, 1.54) is 6.07 Å². The molecule has 3 aliphatic rings. The second kappa shape index (κ2) is 7.53. The summed E-state index contributed by atoms with van der Waals surface area (Å²) in [6.45, 7) is 5.63. The van der Waals surface area contributed by atoms with Crippen molar-refractivity contribution >= 4 is 17.4 Å². The lowest BCUT2D eigenvalue weighted by Crippen LogP contribution is -2.56. The van der Waals surface area contributed by atoms with Crippen molar-refractivity contribution in [3.05, 3.63) is 53.1 Å². The summed E-state index contributed by atoms with van der Waals surface area (Å²) in [5, 5.41) is 0. The van der Waals surface area contributed by atoms with E-state index in [0.29, 0.717) is 31.2 Å². The maximum absolute atomic E-state index is 13.3. The minimum atomic E-state index is -4.47. The van der Waals surface area contributed by atoms with Gasteiger partial charge in [-0.1, -0.05) is 11.6 Å². The third-order valence-electron chi connectivity index (χ3n) is 6.25. The van der Waals surface area contributed by atoms with E-state index in [2.05, 4.69) is 9.89 Å². The van der Waals surface area contributed by atoms with Gasteiger partial charge in [-0.3, -0.25) is 4.79 Å². The Bertz CT molecular complexity index is 1110. The van der Waals surface area contributed by atoms with Gasteiger partial charge in [-0.15, -0.1) is 0 Å². The number of fused-ring (bicyclic) bond motifs is 2. The predicted molar refractivity (Wildman–Crippen MR) is 114 cm³/mol. The van der Waals surface area contributed by atoms with Crippen molar-refractivity contribution in [2.24, 2.45) is 10.9 Å². The maximum Gasteiger partial charge on any atom is 0.416 e. The first-order valence-corrected chi connectivity index (χ1v) is 10.8. The van der Waals surface area contributed by atoms with Crippen molar-refractivity contribution < 1.29 is 22.7 Å². The zero-order valence-electron chi connectivity index (χ0n) is 17.9. The molecule has 2 aliphatic heterocycles. The largest absolute Gasteiger partial charge is 0.454 e. The Hall–Kier alpha value is -3.03. The second-order valence-electron chi connectivity index (χ2n) is 8.82. The SMILES string of the molecule is Cc1ccc2c(c1)C(N1CCN(C(=O)C3CC3)C(C)C1)=Nc1cc(C(F)(F)F)ccc1O2. The zero-order valence-corrected chi connectivity index (χ0v) is 17.9. The molecule has 1 atom stereocenters. The number of hydrogen-bond donors (Lipinski definition) is 0. The molecule has 0 aromatic heterocycles. The number of alkyl halides is 3. The molecule has 2 fully saturated rings. The first-order valence-electron chi connectivity index (χ1n) is 10.8. The number of rotatable bonds is 1. The van der Waals surface area contributed by atoms with Crippen LogP contribution in [-0.4, -0.2) is 47.2 Å². The van der Waals surface area contributed by atoms with Crippen LogP contribution in [-0.2, 0) is 11.0 Å². The van der Waals surface area contributed by atoms with Crippen LogP contribution in [0.25, 0.3) is 0 Å². The lowest BCUT2D eigenvalue weighted by Gasteiger charge is -2.41. The fraction of sp³-hybridized carbons (Fsp3) is 0.417. The van der Waals surface area contributed by atoms with Crippen molar-refractivity contribution in [3.63, 3.8) is 0 Å². The topological polar surface area (TPSA) is 45.1 Å². The molecule has 32 heavy (non-hydrogen) atoms. The molecule has 0 spiro atoms. The molecular weight excluding hydrogens is 419 g/mol. The summed E-state index contributed by atoms with van der Waals surface area (Å²) in [7, 11) is 0. The average Bonchev–Trinajstić information content (AvgIpc) is 3.58. The summed E-state index contributed by atoms with van der Waals surface area (Å²) in [6, 6.07) is 9.02. The van der Waals surface area contributed by atoms with E-state index in [9.17, 15) is 18.0 Å². The quantitative estimate of drug-likeness (QED) is 0.613. The van der Waals surface area contributed by atoms with E-state index in [4.69, 9.17) is 4.74 Å². The number of benzene rings is 2. The summed E-state index contributed by atoms with van der Waals surface area (Å²) in [5.41, 5.74) is 1.12. The molecule has 1 saturated heterocycles. The van der Waals surface area contributed by atoms with Gasteiger partial charge in [0.15, 0.2) is 5.75 Å². The van der Waals surface area contributed by atoms with Crippen LogP contribution in [0.15, 0.2) is 41.4 Å². The van der Waals surface area contributed by atoms with Gasteiger partial charge in [0.1, 0.15) is 17.3 Å². The highest BCUT2D eigenvalue weighted by Gasteiger charge is 2.38. The summed E-state index contributed by atoms with van der Waals surface area (Å²) in [6.07, 6.45) is -2.55. The first kappa shape index (κ1) is 20.8. The number of aryl methyl sites for hydroxylation is 1. The van der Waals surface area contributed by atoms with Crippen LogP contribution in [0.1, 0.15) is 36.5 Å². The third-order valence-corrected chi connectivity index (χ3v) is 6.25. The number of piperazine rings is 1. The summed E-state index contributed by atoms with van der Waals surface area (Å²) >= 11 is 0. The number of carbonyl (C=O) groups excluding carboxylic acids is 1. The van der Waals surface area contributed by atoms with Gasteiger partial charge in [-0.2, -0.15) is 13.2 Å². The van der Waals surface area contributed by atoms with Gasteiger partial charge in [0.05, 0.1) is 11.1 Å². The van der Waals surface area contributed by atoms with E-state index in [1.54, 1.807) is 0 Å². The number of nitrogens with zero attached hydrogens (tertiary/aromatic N) is 3. The number of halogens is 3. The van der Waals surface area contributed by atoms with Crippen LogP contribution in [0.2, 0.25) is 0 Å². The van der Waals surface area contributed by atoms with Crippen molar-refractivity contribution in [1.82, 2.24) is 9.80 Å². The molecule has 5 rings (SSSR count). The zero-order chi connectivity index (χ0) is 22.6. The van der Waals surface area contributed by atoms with E-state index in [-0.39, 0.29) is 29.3 Å². The summed E-state index contributed by atoms with van der Waals surface area (Å²) < 4.78 is 46.0. The standard InChI is InChI=1S/C24H24F3N3O2/c1-14-3-7-20-18(11-14)22(28-19-12-17(24(25,26)27)6-8-21(19)32-20)29-9-10-30(15(2)13-29)23(31)16-4-5-16/h3,6-8,11-12,15-16H,4-5,9-10,13H2,1-2H3. The molecule has 1 amide bonds. The Balaban J connectivity index is 1.54. The Morgan fingerprint density at radius 2 is 1.84 bits per heavy atom. The average molecular weight is 443 g/mol. The van der Waals surface area contributed by atoms with Crippen LogP contribution < -0.4 is 4.74 Å². The Morgan fingerprint density at radius 3 is 2.53 bits per heavy atom. The molecule has 8 heteroatoms. The van der Waals surface area contributed by atoms with E-state index >= 15 is 0 Å². The molecule has 0 radical (unpaired) electrons. The number of ether oxygens (including phenoxy) is 1. The van der Waals surface area contributed by atoms with E-state index in [1.807, 2.05) is 36.9 Å². The first-order chi connectivity index (χ1) is 15.2. The number of hydrogen-bond acceptors (Lipinski definition) is 4. The van der Waals surface area contributed by atoms with Crippen LogP contribution >= 0.6 is 0 Å². The molecule has 1 saturated carbocycles. The lowest BCUT2D eigenvalue weighted by atomic mass is 10.1. The third kappa shape index (κ3) is 3.82. The Morgan fingerprint density at radius 1 is 1.09 bits per heavy atom. The van der Waals surface area contributed by atoms with Crippen molar-refractivity contribution in [3.8, 4) is 11.5 Å². The number of amidine groups is 1. The molecule has 168 valence electrons. The van der Waals surface area contributed by atoms with Crippen LogP contribution in [0.5, 0.6) is 11.5 Å². The molecule has 0 N–H and O–H groups in total. The van der Waals surface area contributed by atoms with E-state index in [0.717, 1.165) is 36.1 Å². The van der Waals surface area contributed by atoms with Gasteiger partial charge in [-0.25, -0.2) is 4.99 Å². The minimum Gasteiger partial charge on any atom is -0.454 e. The van der Waals surface area contributed by atoms with Crippen molar-refractivity contribution in [2.45, 2.75) is 38.9 Å². The number of aliphatic imine (C=N–C) groups is 1. The smallest absolute Gasteiger partial charge is 0.416 e. The molecule has 2 heterocycles. The van der Waals surface area contributed by atoms with Crippen molar-refractivity contribution in [2.75, 3.05) is 19.6 Å². The second-order valence-corrected chi connectivity index (χ2v) is 8.82. The van der Waals surface area contributed by atoms with Crippen LogP contribution in [0, 0.1) is 12.8 Å². The fourth-order valence-corrected chi connectivity index (χ4v) is 4.35. The Kier molecular flexibility index (Phi) is 4.91. The lowest BCUT2D eigenvalue weighted by molar-refractivity contribution is -0.137. The predicted octanol–water partition coefficient (Wildman–Crippen LogP) is 5.14. The molecule has 2 aromatic rings. The Labute approximate surface area is 184 Å². The van der Waals surface area contributed by atoms with E-state index < -0.39 is 11.7 Å². The van der Waals surface area contributed by atoms with Crippen molar-refractivity contribution in [1.29, 1.82) is 0 Å². The molecular formula is C24H24F3N3O2. The highest BCUT2D eigenvalue weighted by Crippen LogP contribution is 2.42. The highest BCUT2D eigenvalue weighted by molar-refractivity contribution is 6.04. The minimum absolute atomic E-state index is 0.0158. The van der Waals surface area contributed by atoms with Gasteiger partial charge in [-0.05, 0) is 57.0 Å². The fourth-order valence-electron chi connectivity index (χ4n) is 4.35. The van der Waals surface area contributed by atoms with Gasteiger partial charge < -0.3 is 14.5 Å². The number of carbonyl (C=O) groups is 1. The highest BCUT2D eigenvalue weighted by atomic mass is 19.4. The molecule has 0 bridgehead atoms. The van der Waals surface area contributed by atoms with Crippen LogP contribution in [0.4, 0.5) is 18.9 Å². The summed E-state index contributed by atoms with van der Waals surface area (Å²) in [5.74, 6) is 1.78. The van der Waals surface area contributed by atoms with Gasteiger partial charge >= 0.3 is 6.18 Å². The number of amides is 1. The molecule has 2 aromatic carbocycles. The van der Waals surface area contributed by atoms with Gasteiger partial charge in [0, 0.05) is 31.6 Å². The monoisotopic (exact) mass is 443 g/mol. The molecule has 1 unspecified atom stereocenters.